The fraction of sp³-hybridized carbons (Fsp3) is 0.263. The molecule has 1 unspecified atom stereocenters. The molecule has 6 nitrogen and oxygen atoms in total. The third kappa shape index (κ3) is 3.33. The molecule has 3 rings (SSSR count). The van der Waals surface area contributed by atoms with Gasteiger partial charge in [-0.05, 0) is 24.3 Å². The fourth-order valence-corrected chi connectivity index (χ4v) is 2.82. The molecule has 1 atom stereocenters. The molecule has 1 N–H and O–H groups in total. The zero-order valence-electron chi connectivity index (χ0n) is 14.7. The summed E-state index contributed by atoms with van der Waals surface area (Å²) in [6.07, 6.45) is 0. The highest BCUT2D eigenvalue weighted by Gasteiger charge is 2.27. The Morgan fingerprint density at radius 2 is 1.81 bits per heavy atom. The van der Waals surface area contributed by atoms with E-state index in [0.29, 0.717) is 40.8 Å². The van der Waals surface area contributed by atoms with E-state index >= 15 is 0 Å². The zero-order chi connectivity index (χ0) is 18.7. The van der Waals surface area contributed by atoms with Crippen LogP contribution in [0.1, 0.15) is 15.9 Å². The number of halogens is 1. The average Bonchev–Trinajstić information content (AvgIpc) is 3.16. The van der Waals surface area contributed by atoms with Crippen molar-refractivity contribution in [3.63, 3.8) is 0 Å². The number of ketones is 1. The lowest BCUT2D eigenvalue weighted by Gasteiger charge is -2.14. The van der Waals surface area contributed by atoms with Crippen molar-refractivity contribution in [1.29, 1.82) is 0 Å². The first-order valence-corrected chi connectivity index (χ1v) is 7.99. The molecule has 0 saturated heterocycles. The molecule has 0 aliphatic carbocycles. The van der Waals surface area contributed by atoms with Gasteiger partial charge in [0.15, 0.2) is 17.3 Å². The van der Waals surface area contributed by atoms with Gasteiger partial charge in [-0.2, -0.15) is 0 Å². The Morgan fingerprint density at radius 1 is 1.12 bits per heavy atom. The molecule has 136 valence electrons. The SMILES string of the molecule is COc1cc(C(=O)C2CNC(c3cccc(F)c3)=N2)cc(OC)c1OC. The van der Waals surface area contributed by atoms with Crippen molar-refractivity contribution >= 4 is 11.6 Å². The quantitative estimate of drug-likeness (QED) is 0.804. The maximum atomic E-state index is 13.4. The molecule has 1 aliphatic rings. The maximum Gasteiger partial charge on any atom is 0.203 e. The summed E-state index contributed by atoms with van der Waals surface area (Å²) in [5.41, 5.74) is 1.00. The second-order valence-electron chi connectivity index (χ2n) is 5.66. The van der Waals surface area contributed by atoms with Crippen LogP contribution < -0.4 is 19.5 Å². The Morgan fingerprint density at radius 3 is 2.38 bits per heavy atom. The average molecular weight is 358 g/mol. The summed E-state index contributed by atoms with van der Waals surface area (Å²) in [6.45, 7) is 0.335. The Labute approximate surface area is 150 Å². The number of carbonyl (C=O) groups is 1. The lowest BCUT2D eigenvalue weighted by atomic mass is 10.0. The molecular weight excluding hydrogens is 339 g/mol. The van der Waals surface area contributed by atoms with Crippen molar-refractivity contribution in [2.24, 2.45) is 4.99 Å². The van der Waals surface area contributed by atoms with Crippen molar-refractivity contribution in [2.45, 2.75) is 6.04 Å². The summed E-state index contributed by atoms with van der Waals surface area (Å²) in [4.78, 5) is 17.3. The van der Waals surface area contributed by atoms with E-state index in [-0.39, 0.29) is 11.6 Å². The van der Waals surface area contributed by atoms with Gasteiger partial charge in [0.25, 0.3) is 0 Å². The molecule has 0 aromatic heterocycles. The van der Waals surface area contributed by atoms with E-state index in [9.17, 15) is 9.18 Å². The number of benzene rings is 2. The van der Waals surface area contributed by atoms with Gasteiger partial charge in [0.1, 0.15) is 17.7 Å². The predicted octanol–water partition coefficient (Wildman–Crippen LogP) is 2.45. The molecule has 26 heavy (non-hydrogen) atoms. The molecule has 2 aromatic carbocycles. The van der Waals surface area contributed by atoms with Gasteiger partial charge in [-0.1, -0.05) is 12.1 Å². The Hall–Kier alpha value is -3.09. The topological polar surface area (TPSA) is 69.2 Å². The minimum absolute atomic E-state index is 0.192. The highest BCUT2D eigenvalue weighted by Crippen LogP contribution is 2.38. The lowest BCUT2D eigenvalue weighted by molar-refractivity contribution is 0.0966. The smallest absolute Gasteiger partial charge is 0.203 e. The van der Waals surface area contributed by atoms with Gasteiger partial charge in [0.2, 0.25) is 5.75 Å². The Bertz CT molecular complexity index is 841. The summed E-state index contributed by atoms with van der Waals surface area (Å²) in [6, 6.07) is 8.65. The van der Waals surface area contributed by atoms with Gasteiger partial charge < -0.3 is 19.5 Å². The second kappa shape index (κ2) is 7.43. The molecular formula is C19H19FN2O4. The van der Waals surface area contributed by atoms with Gasteiger partial charge >= 0.3 is 0 Å². The summed E-state index contributed by atoms with van der Waals surface area (Å²) in [7, 11) is 4.48. The molecule has 2 aromatic rings. The molecule has 0 saturated carbocycles. The van der Waals surface area contributed by atoms with E-state index in [1.807, 2.05) is 0 Å². The highest BCUT2D eigenvalue weighted by molar-refractivity contribution is 6.07. The second-order valence-corrected chi connectivity index (χ2v) is 5.66. The van der Waals surface area contributed by atoms with Crippen LogP contribution in [0.3, 0.4) is 0 Å². The highest BCUT2D eigenvalue weighted by atomic mass is 19.1. The third-order valence-electron chi connectivity index (χ3n) is 4.10. The van der Waals surface area contributed by atoms with E-state index in [1.165, 1.54) is 33.5 Å². The van der Waals surface area contributed by atoms with Crippen LogP contribution in [0.15, 0.2) is 41.4 Å². The standard InChI is InChI=1S/C19H19FN2O4/c1-24-15-8-12(9-16(25-2)18(15)26-3)17(23)14-10-21-19(22-14)11-5-4-6-13(20)7-11/h4-9,14H,10H2,1-3H3,(H,21,22). The van der Waals surface area contributed by atoms with Crippen molar-refractivity contribution in [1.82, 2.24) is 5.32 Å². The van der Waals surface area contributed by atoms with Gasteiger partial charge in [0, 0.05) is 17.7 Å². The van der Waals surface area contributed by atoms with E-state index in [0.717, 1.165) is 0 Å². The number of nitrogens with zero attached hydrogens (tertiary/aromatic N) is 1. The van der Waals surface area contributed by atoms with Gasteiger partial charge in [-0.15, -0.1) is 0 Å². The van der Waals surface area contributed by atoms with Gasteiger partial charge in [-0.25, -0.2) is 4.39 Å². The molecule has 0 amide bonds. The van der Waals surface area contributed by atoms with Crippen molar-refractivity contribution in [3.8, 4) is 17.2 Å². The first-order valence-electron chi connectivity index (χ1n) is 7.99. The third-order valence-corrected chi connectivity index (χ3v) is 4.10. The molecule has 0 spiro atoms. The summed E-state index contributed by atoms with van der Waals surface area (Å²) < 4.78 is 29.2. The Kier molecular flexibility index (Phi) is 5.06. The zero-order valence-corrected chi connectivity index (χ0v) is 14.7. The summed E-state index contributed by atoms with van der Waals surface area (Å²) in [5, 5.41) is 3.06. The lowest BCUT2D eigenvalue weighted by Crippen LogP contribution is -2.26. The van der Waals surface area contributed by atoms with Crippen LogP contribution in [-0.4, -0.2) is 45.5 Å². The van der Waals surface area contributed by atoms with Gasteiger partial charge in [0.05, 0.1) is 21.3 Å². The number of amidine groups is 1. The number of aliphatic imine (C=N–C) groups is 1. The predicted molar refractivity (Wildman–Crippen MR) is 95.2 cm³/mol. The van der Waals surface area contributed by atoms with Crippen LogP contribution in [0.2, 0.25) is 0 Å². The molecule has 1 aliphatic heterocycles. The van der Waals surface area contributed by atoms with Crippen LogP contribution in [-0.2, 0) is 0 Å². The Balaban J connectivity index is 1.90. The number of hydrogen-bond donors (Lipinski definition) is 1. The van der Waals surface area contributed by atoms with Crippen molar-refractivity contribution < 1.29 is 23.4 Å². The number of ether oxygens (including phenoxy) is 3. The monoisotopic (exact) mass is 358 g/mol. The van der Waals surface area contributed by atoms with Crippen LogP contribution in [0.25, 0.3) is 0 Å². The minimum atomic E-state index is -0.615. The maximum absolute atomic E-state index is 13.4. The van der Waals surface area contributed by atoms with Crippen LogP contribution in [0, 0.1) is 5.82 Å². The van der Waals surface area contributed by atoms with Crippen LogP contribution >= 0.6 is 0 Å². The van der Waals surface area contributed by atoms with Crippen molar-refractivity contribution in [2.75, 3.05) is 27.9 Å². The number of nitrogens with one attached hydrogen (secondary N) is 1. The van der Waals surface area contributed by atoms with Crippen molar-refractivity contribution in [3.05, 3.63) is 53.3 Å². The number of rotatable bonds is 6. The minimum Gasteiger partial charge on any atom is -0.493 e. The first-order chi connectivity index (χ1) is 12.6. The van der Waals surface area contributed by atoms with Crippen LogP contribution in [0.5, 0.6) is 17.2 Å². The van der Waals surface area contributed by atoms with E-state index < -0.39 is 6.04 Å². The fourth-order valence-electron chi connectivity index (χ4n) is 2.82. The van der Waals surface area contributed by atoms with Crippen LogP contribution in [0.4, 0.5) is 4.39 Å². The van der Waals surface area contributed by atoms with E-state index in [2.05, 4.69) is 10.3 Å². The molecule has 0 fully saturated rings. The number of hydrogen-bond acceptors (Lipinski definition) is 6. The van der Waals surface area contributed by atoms with Gasteiger partial charge in [-0.3, -0.25) is 9.79 Å². The number of carbonyl (C=O) groups excluding carboxylic acids is 1. The van der Waals surface area contributed by atoms with E-state index in [1.54, 1.807) is 24.3 Å². The number of methoxy groups -OCH3 is 3. The number of Topliss-reactive ketones (excluding diaryl/α,β-unsaturated/α-hetero) is 1. The summed E-state index contributed by atoms with van der Waals surface area (Å²) in [5.74, 6) is 1.16. The summed E-state index contributed by atoms with van der Waals surface area (Å²) >= 11 is 0. The molecule has 1 heterocycles. The normalized spacial score (nSPS) is 15.8. The first kappa shape index (κ1) is 17.7. The van der Waals surface area contributed by atoms with E-state index in [4.69, 9.17) is 14.2 Å². The molecule has 0 radical (unpaired) electrons. The molecule has 0 bridgehead atoms. The molecule has 7 heteroatoms. The largest absolute Gasteiger partial charge is 0.493 e.